The predicted molar refractivity (Wildman–Crippen MR) is 91.1 cm³/mol. The average Bonchev–Trinajstić information content (AvgIpc) is 2.97. The van der Waals surface area contributed by atoms with Crippen molar-refractivity contribution in [3.63, 3.8) is 0 Å². The molecule has 0 spiro atoms. The quantitative estimate of drug-likeness (QED) is 0.878. The van der Waals surface area contributed by atoms with Crippen LogP contribution in [0.25, 0.3) is 0 Å². The van der Waals surface area contributed by atoms with Gasteiger partial charge >= 0.3 is 6.18 Å². The fraction of sp³-hybridized carbons (Fsp3) is 0.684. The standard InChI is InChI=1S/C19H27F3N2O/c20-19(21,22)18-7-3-2-6-15(18)10-24-12-16(17(13-24)14-25)11-23-8-4-1-5-9-23/h2-3,6-7,16-17,25H,1,4-5,8-14H2/t16-,17-/m0/s1. The second-order valence-electron chi connectivity index (χ2n) is 7.41. The molecule has 0 unspecified atom stereocenters. The second-order valence-corrected chi connectivity index (χ2v) is 7.41. The summed E-state index contributed by atoms with van der Waals surface area (Å²) in [7, 11) is 0. The Hall–Kier alpha value is -1.11. The lowest BCUT2D eigenvalue weighted by atomic mass is 9.95. The molecule has 2 aliphatic heterocycles. The molecule has 0 aliphatic carbocycles. The molecule has 2 saturated heterocycles. The van der Waals surface area contributed by atoms with Crippen LogP contribution in [-0.2, 0) is 12.7 Å². The van der Waals surface area contributed by atoms with E-state index in [0.717, 1.165) is 32.2 Å². The first-order valence-electron chi connectivity index (χ1n) is 9.18. The highest BCUT2D eigenvalue weighted by atomic mass is 19.4. The zero-order valence-electron chi connectivity index (χ0n) is 14.5. The maximum Gasteiger partial charge on any atom is 0.416 e. The molecule has 1 aromatic rings. The van der Waals surface area contributed by atoms with Gasteiger partial charge in [0.05, 0.1) is 5.56 Å². The Balaban J connectivity index is 1.64. The number of rotatable bonds is 5. The van der Waals surface area contributed by atoms with E-state index in [0.29, 0.717) is 24.6 Å². The maximum atomic E-state index is 13.2. The molecule has 0 aromatic heterocycles. The molecule has 0 amide bonds. The van der Waals surface area contributed by atoms with Crippen molar-refractivity contribution in [2.75, 3.05) is 39.3 Å². The molecule has 6 heteroatoms. The van der Waals surface area contributed by atoms with Crippen molar-refractivity contribution < 1.29 is 18.3 Å². The molecule has 3 nitrogen and oxygen atoms in total. The second kappa shape index (κ2) is 8.06. The van der Waals surface area contributed by atoms with Crippen LogP contribution in [-0.4, -0.2) is 54.2 Å². The van der Waals surface area contributed by atoms with Crippen LogP contribution in [0.1, 0.15) is 30.4 Å². The highest BCUT2D eigenvalue weighted by Crippen LogP contribution is 2.34. The Kier molecular flexibility index (Phi) is 6.02. The van der Waals surface area contributed by atoms with Gasteiger partial charge in [0.1, 0.15) is 0 Å². The number of piperidine rings is 1. The number of aliphatic hydroxyl groups is 1. The monoisotopic (exact) mass is 356 g/mol. The number of hydrogen-bond acceptors (Lipinski definition) is 3. The minimum absolute atomic E-state index is 0.107. The summed E-state index contributed by atoms with van der Waals surface area (Å²) in [5, 5.41) is 9.71. The molecule has 2 aliphatic rings. The van der Waals surface area contributed by atoms with E-state index in [4.69, 9.17) is 0 Å². The van der Waals surface area contributed by atoms with Gasteiger partial charge in [-0.05, 0) is 49.4 Å². The summed E-state index contributed by atoms with van der Waals surface area (Å²) in [6.07, 6.45) is -0.594. The minimum Gasteiger partial charge on any atom is -0.396 e. The summed E-state index contributed by atoms with van der Waals surface area (Å²) in [5.74, 6) is 0.487. The zero-order valence-corrected chi connectivity index (χ0v) is 14.5. The van der Waals surface area contributed by atoms with Crippen LogP contribution in [0.4, 0.5) is 13.2 Å². The van der Waals surface area contributed by atoms with Gasteiger partial charge in [0.15, 0.2) is 0 Å². The van der Waals surface area contributed by atoms with Crippen LogP contribution in [0.15, 0.2) is 24.3 Å². The van der Waals surface area contributed by atoms with E-state index in [1.807, 2.05) is 0 Å². The van der Waals surface area contributed by atoms with Gasteiger partial charge < -0.3 is 10.0 Å². The van der Waals surface area contributed by atoms with E-state index < -0.39 is 11.7 Å². The van der Waals surface area contributed by atoms with Gasteiger partial charge in [-0.25, -0.2) is 0 Å². The van der Waals surface area contributed by atoms with Crippen LogP contribution in [0.5, 0.6) is 0 Å². The van der Waals surface area contributed by atoms with Crippen molar-refractivity contribution in [3.8, 4) is 0 Å². The largest absolute Gasteiger partial charge is 0.416 e. The number of halogens is 3. The van der Waals surface area contributed by atoms with Crippen molar-refractivity contribution in [1.29, 1.82) is 0 Å². The Morgan fingerprint density at radius 3 is 2.32 bits per heavy atom. The van der Waals surface area contributed by atoms with Crippen LogP contribution in [0, 0.1) is 11.8 Å². The molecule has 1 N–H and O–H groups in total. The molecule has 25 heavy (non-hydrogen) atoms. The number of alkyl halides is 3. The lowest BCUT2D eigenvalue weighted by Crippen LogP contribution is -2.37. The molecule has 1 aromatic carbocycles. The van der Waals surface area contributed by atoms with Crippen molar-refractivity contribution >= 4 is 0 Å². The van der Waals surface area contributed by atoms with Crippen molar-refractivity contribution in [1.82, 2.24) is 9.80 Å². The molecule has 2 fully saturated rings. The summed E-state index contributed by atoms with van der Waals surface area (Å²) < 4.78 is 39.6. The summed E-state index contributed by atoms with van der Waals surface area (Å²) in [6.45, 7) is 4.98. The highest BCUT2D eigenvalue weighted by Gasteiger charge is 2.36. The van der Waals surface area contributed by atoms with Gasteiger partial charge in [0.25, 0.3) is 0 Å². The van der Waals surface area contributed by atoms with E-state index in [1.54, 1.807) is 12.1 Å². The smallest absolute Gasteiger partial charge is 0.396 e. The van der Waals surface area contributed by atoms with E-state index in [-0.39, 0.29) is 12.5 Å². The van der Waals surface area contributed by atoms with Gasteiger partial charge in [0, 0.05) is 32.8 Å². The molecule has 0 bridgehead atoms. The van der Waals surface area contributed by atoms with Gasteiger partial charge in [-0.2, -0.15) is 13.2 Å². The predicted octanol–water partition coefficient (Wildman–Crippen LogP) is 3.23. The van der Waals surface area contributed by atoms with Gasteiger partial charge in [-0.3, -0.25) is 4.90 Å². The van der Waals surface area contributed by atoms with Crippen LogP contribution >= 0.6 is 0 Å². The highest BCUT2D eigenvalue weighted by molar-refractivity contribution is 5.29. The van der Waals surface area contributed by atoms with Crippen LogP contribution in [0.2, 0.25) is 0 Å². The Morgan fingerprint density at radius 1 is 0.960 bits per heavy atom. The van der Waals surface area contributed by atoms with Gasteiger partial charge in [-0.15, -0.1) is 0 Å². The summed E-state index contributed by atoms with van der Waals surface area (Å²) in [4.78, 5) is 4.52. The number of aliphatic hydroxyl groups excluding tert-OH is 1. The molecule has 3 rings (SSSR count). The first-order chi connectivity index (χ1) is 12.0. The van der Waals surface area contributed by atoms with Crippen molar-refractivity contribution in [2.45, 2.75) is 32.0 Å². The Bertz CT molecular complexity index is 558. The van der Waals surface area contributed by atoms with Crippen molar-refractivity contribution in [3.05, 3.63) is 35.4 Å². The fourth-order valence-electron chi connectivity index (χ4n) is 4.23. The third-order valence-electron chi connectivity index (χ3n) is 5.54. The molecule has 0 saturated carbocycles. The third-order valence-corrected chi connectivity index (χ3v) is 5.54. The van der Waals surface area contributed by atoms with Gasteiger partial charge in [-0.1, -0.05) is 24.6 Å². The van der Waals surface area contributed by atoms with Crippen molar-refractivity contribution in [2.24, 2.45) is 11.8 Å². The van der Waals surface area contributed by atoms with E-state index in [1.165, 1.54) is 25.3 Å². The van der Waals surface area contributed by atoms with E-state index in [2.05, 4.69) is 9.80 Å². The number of benzene rings is 1. The summed E-state index contributed by atoms with van der Waals surface area (Å²) in [5.41, 5.74) is -0.222. The number of hydrogen-bond donors (Lipinski definition) is 1. The molecule has 2 heterocycles. The van der Waals surface area contributed by atoms with E-state index >= 15 is 0 Å². The Labute approximate surface area is 147 Å². The van der Waals surface area contributed by atoms with Gasteiger partial charge in [0.2, 0.25) is 0 Å². The van der Waals surface area contributed by atoms with Crippen LogP contribution in [0.3, 0.4) is 0 Å². The van der Waals surface area contributed by atoms with E-state index in [9.17, 15) is 18.3 Å². The topological polar surface area (TPSA) is 26.7 Å². The molecule has 140 valence electrons. The zero-order chi connectivity index (χ0) is 17.9. The normalized spacial score (nSPS) is 26.2. The Morgan fingerprint density at radius 2 is 1.64 bits per heavy atom. The molecular formula is C19H27F3N2O. The first-order valence-corrected chi connectivity index (χ1v) is 9.18. The molecular weight excluding hydrogens is 329 g/mol. The summed E-state index contributed by atoms with van der Waals surface area (Å²) in [6, 6.07) is 5.82. The average molecular weight is 356 g/mol. The first kappa shape index (κ1) is 18.7. The number of likely N-dealkylation sites (tertiary alicyclic amines) is 2. The lowest BCUT2D eigenvalue weighted by molar-refractivity contribution is -0.138. The lowest BCUT2D eigenvalue weighted by Gasteiger charge is -2.30. The SMILES string of the molecule is OC[C@@H]1CN(Cc2ccccc2C(F)(F)F)C[C@@H]1CN1CCCCC1. The molecule has 2 atom stereocenters. The fourth-order valence-corrected chi connectivity index (χ4v) is 4.23. The minimum atomic E-state index is -4.32. The molecule has 0 radical (unpaired) electrons. The maximum absolute atomic E-state index is 13.2. The number of nitrogens with zero attached hydrogens (tertiary/aromatic N) is 2. The van der Waals surface area contributed by atoms with Crippen LogP contribution < -0.4 is 0 Å². The summed E-state index contributed by atoms with van der Waals surface area (Å²) >= 11 is 0. The third kappa shape index (κ3) is 4.74.